The third-order valence-electron chi connectivity index (χ3n) is 3.48. The third-order valence-corrected chi connectivity index (χ3v) is 3.48. The molecule has 1 aliphatic carbocycles. The van der Waals surface area contributed by atoms with E-state index in [1.54, 1.807) is 0 Å². The number of amides is 1. The van der Waals surface area contributed by atoms with E-state index in [0.717, 1.165) is 37.5 Å². The molecule has 1 atom stereocenters. The van der Waals surface area contributed by atoms with Crippen molar-refractivity contribution >= 4 is 5.91 Å². The first-order chi connectivity index (χ1) is 8.37. The van der Waals surface area contributed by atoms with E-state index < -0.39 is 17.5 Å². The lowest BCUT2D eigenvalue weighted by molar-refractivity contribution is 0.0931. The fraction of sp³-hybridized carbons (Fsp3) is 0.500. The van der Waals surface area contributed by atoms with Gasteiger partial charge in [0, 0.05) is 6.04 Å². The standard InChI is InChI=1S/C14H17F2NO/c1-14(2)6-5-10(8-14)17-13(18)11-7-9(15)3-4-12(11)16/h3-4,7,10H,5-6,8H2,1-2H3,(H,17,18). The largest absolute Gasteiger partial charge is 0.349 e. The number of carbonyl (C=O) groups excluding carboxylic acids is 1. The molecule has 1 unspecified atom stereocenters. The number of carbonyl (C=O) groups is 1. The lowest BCUT2D eigenvalue weighted by Crippen LogP contribution is -2.34. The Hall–Kier alpha value is -1.45. The van der Waals surface area contributed by atoms with Crippen molar-refractivity contribution in [3.05, 3.63) is 35.4 Å². The van der Waals surface area contributed by atoms with Gasteiger partial charge in [0.25, 0.3) is 5.91 Å². The molecule has 0 radical (unpaired) electrons. The van der Waals surface area contributed by atoms with Crippen molar-refractivity contribution in [1.82, 2.24) is 5.32 Å². The predicted octanol–water partition coefficient (Wildman–Crippen LogP) is 3.27. The maximum atomic E-state index is 13.4. The third kappa shape index (κ3) is 2.86. The minimum atomic E-state index is -0.689. The monoisotopic (exact) mass is 253 g/mol. The van der Waals surface area contributed by atoms with Gasteiger partial charge < -0.3 is 5.32 Å². The summed E-state index contributed by atoms with van der Waals surface area (Å²) in [6.07, 6.45) is 2.79. The number of nitrogens with one attached hydrogen (secondary N) is 1. The van der Waals surface area contributed by atoms with Crippen molar-refractivity contribution in [3.63, 3.8) is 0 Å². The minimum Gasteiger partial charge on any atom is -0.349 e. The van der Waals surface area contributed by atoms with Gasteiger partial charge in [-0.3, -0.25) is 4.79 Å². The molecule has 0 bridgehead atoms. The maximum absolute atomic E-state index is 13.4. The first kappa shape index (κ1) is 13.0. The Bertz CT molecular complexity index is 471. The molecule has 1 saturated carbocycles. The van der Waals surface area contributed by atoms with Crippen LogP contribution in [0.15, 0.2) is 18.2 Å². The van der Waals surface area contributed by atoms with Crippen molar-refractivity contribution in [3.8, 4) is 0 Å². The summed E-state index contributed by atoms with van der Waals surface area (Å²) in [5, 5.41) is 2.77. The van der Waals surface area contributed by atoms with Crippen LogP contribution in [0.2, 0.25) is 0 Å². The Kier molecular flexibility index (Phi) is 3.37. The topological polar surface area (TPSA) is 29.1 Å². The van der Waals surface area contributed by atoms with Gasteiger partial charge in [-0.15, -0.1) is 0 Å². The molecule has 1 amide bonds. The quantitative estimate of drug-likeness (QED) is 0.861. The molecular formula is C14H17F2NO. The smallest absolute Gasteiger partial charge is 0.254 e. The Labute approximate surface area is 105 Å². The average Bonchev–Trinajstić information content (AvgIpc) is 2.61. The van der Waals surface area contributed by atoms with Crippen LogP contribution in [0.25, 0.3) is 0 Å². The molecule has 0 aliphatic heterocycles. The highest BCUT2D eigenvalue weighted by molar-refractivity contribution is 5.94. The Morgan fingerprint density at radius 2 is 2.11 bits per heavy atom. The molecule has 0 heterocycles. The SMILES string of the molecule is CC1(C)CCC(NC(=O)c2cc(F)ccc2F)C1. The van der Waals surface area contributed by atoms with Gasteiger partial charge >= 0.3 is 0 Å². The molecule has 2 nitrogen and oxygen atoms in total. The van der Waals surface area contributed by atoms with Crippen molar-refractivity contribution in [2.24, 2.45) is 5.41 Å². The van der Waals surface area contributed by atoms with Crippen molar-refractivity contribution in [2.75, 3.05) is 0 Å². The summed E-state index contributed by atoms with van der Waals surface area (Å²) in [7, 11) is 0. The lowest BCUT2D eigenvalue weighted by atomic mass is 9.92. The van der Waals surface area contributed by atoms with Gasteiger partial charge in [-0.25, -0.2) is 8.78 Å². The predicted molar refractivity (Wildman–Crippen MR) is 65.2 cm³/mol. The Morgan fingerprint density at radius 1 is 1.39 bits per heavy atom. The van der Waals surface area contributed by atoms with Gasteiger partial charge in [-0.05, 0) is 42.9 Å². The summed E-state index contributed by atoms with van der Waals surface area (Å²) in [5.74, 6) is -1.82. The van der Waals surface area contributed by atoms with E-state index in [-0.39, 0.29) is 17.0 Å². The van der Waals surface area contributed by atoms with E-state index in [1.807, 2.05) is 0 Å². The molecule has 1 aromatic rings. The van der Waals surface area contributed by atoms with E-state index in [1.165, 1.54) is 0 Å². The summed E-state index contributed by atoms with van der Waals surface area (Å²) >= 11 is 0. The first-order valence-electron chi connectivity index (χ1n) is 6.13. The van der Waals surface area contributed by atoms with Crippen molar-refractivity contribution < 1.29 is 13.6 Å². The molecule has 1 fully saturated rings. The zero-order chi connectivity index (χ0) is 13.3. The molecular weight excluding hydrogens is 236 g/mol. The van der Waals surface area contributed by atoms with Gasteiger partial charge in [0.15, 0.2) is 0 Å². The molecule has 18 heavy (non-hydrogen) atoms. The van der Waals surface area contributed by atoms with Crippen molar-refractivity contribution in [2.45, 2.75) is 39.2 Å². The fourth-order valence-corrected chi connectivity index (χ4v) is 2.49. The molecule has 2 rings (SSSR count). The molecule has 1 aliphatic rings. The number of hydrogen-bond donors (Lipinski definition) is 1. The molecule has 0 aromatic heterocycles. The normalized spacial score (nSPS) is 21.9. The fourth-order valence-electron chi connectivity index (χ4n) is 2.49. The highest BCUT2D eigenvalue weighted by Gasteiger charge is 2.32. The maximum Gasteiger partial charge on any atom is 0.254 e. The van der Waals surface area contributed by atoms with Crippen LogP contribution < -0.4 is 5.32 Å². The van der Waals surface area contributed by atoms with Gasteiger partial charge in [-0.1, -0.05) is 13.8 Å². The molecule has 0 spiro atoms. The molecule has 1 N–H and O–H groups in total. The second-order valence-corrected chi connectivity index (χ2v) is 5.70. The summed E-state index contributed by atoms with van der Waals surface area (Å²) in [5.41, 5.74) is -0.0157. The molecule has 1 aromatic carbocycles. The van der Waals surface area contributed by atoms with E-state index in [4.69, 9.17) is 0 Å². The van der Waals surface area contributed by atoms with Crippen LogP contribution in [0.1, 0.15) is 43.5 Å². The van der Waals surface area contributed by atoms with Crippen molar-refractivity contribution in [1.29, 1.82) is 0 Å². The van der Waals surface area contributed by atoms with Gasteiger partial charge in [0.1, 0.15) is 11.6 Å². The van der Waals surface area contributed by atoms with Crippen LogP contribution in [0.3, 0.4) is 0 Å². The van der Waals surface area contributed by atoms with Crippen LogP contribution in [0.5, 0.6) is 0 Å². The summed E-state index contributed by atoms with van der Waals surface area (Å²) in [4.78, 5) is 11.9. The number of benzene rings is 1. The van der Waals surface area contributed by atoms with E-state index in [0.29, 0.717) is 0 Å². The summed E-state index contributed by atoms with van der Waals surface area (Å²) < 4.78 is 26.4. The van der Waals surface area contributed by atoms with Gasteiger partial charge in [0.2, 0.25) is 0 Å². The zero-order valence-electron chi connectivity index (χ0n) is 10.6. The Morgan fingerprint density at radius 3 is 2.72 bits per heavy atom. The van der Waals surface area contributed by atoms with E-state index in [9.17, 15) is 13.6 Å². The molecule has 98 valence electrons. The second kappa shape index (κ2) is 4.67. The second-order valence-electron chi connectivity index (χ2n) is 5.70. The Balaban J connectivity index is 2.06. The van der Waals surface area contributed by atoms with Crippen LogP contribution >= 0.6 is 0 Å². The molecule has 4 heteroatoms. The van der Waals surface area contributed by atoms with Crippen LogP contribution in [0, 0.1) is 17.0 Å². The summed E-state index contributed by atoms with van der Waals surface area (Å²) in [6.45, 7) is 4.28. The first-order valence-corrected chi connectivity index (χ1v) is 6.13. The van der Waals surface area contributed by atoms with Crippen LogP contribution in [0.4, 0.5) is 8.78 Å². The van der Waals surface area contributed by atoms with Gasteiger partial charge in [0.05, 0.1) is 5.56 Å². The number of rotatable bonds is 2. The highest BCUT2D eigenvalue weighted by Crippen LogP contribution is 2.37. The summed E-state index contributed by atoms with van der Waals surface area (Å²) in [6, 6.07) is 2.97. The lowest BCUT2D eigenvalue weighted by Gasteiger charge is -2.18. The highest BCUT2D eigenvalue weighted by atomic mass is 19.1. The number of halogens is 2. The van der Waals surface area contributed by atoms with Gasteiger partial charge in [-0.2, -0.15) is 0 Å². The average molecular weight is 253 g/mol. The van der Waals surface area contributed by atoms with Crippen LogP contribution in [-0.2, 0) is 0 Å². The zero-order valence-corrected chi connectivity index (χ0v) is 10.6. The minimum absolute atomic E-state index is 0.0511. The van der Waals surface area contributed by atoms with Crippen LogP contribution in [-0.4, -0.2) is 11.9 Å². The number of hydrogen-bond acceptors (Lipinski definition) is 1. The molecule has 0 saturated heterocycles. The van der Waals surface area contributed by atoms with E-state index in [2.05, 4.69) is 19.2 Å². The van der Waals surface area contributed by atoms with E-state index >= 15 is 0 Å².